The Morgan fingerprint density at radius 1 is 1.38 bits per heavy atom. The standard InChI is InChI=1S/C12H15F2NO/c1-2-3-7-15-8-11(16)12-9(13)5-4-6-10(12)14/h2,4-6,11,15-16H,1,3,7-8H2. The number of aliphatic hydroxyl groups excluding tert-OH is 1. The zero-order valence-corrected chi connectivity index (χ0v) is 8.92. The highest BCUT2D eigenvalue weighted by Gasteiger charge is 2.16. The molecule has 2 N–H and O–H groups in total. The SMILES string of the molecule is C=CCCNCC(O)c1c(F)cccc1F. The van der Waals surface area contributed by atoms with E-state index >= 15 is 0 Å². The van der Waals surface area contributed by atoms with Gasteiger partial charge in [0.25, 0.3) is 0 Å². The van der Waals surface area contributed by atoms with E-state index < -0.39 is 17.7 Å². The van der Waals surface area contributed by atoms with E-state index in [1.807, 2.05) is 0 Å². The largest absolute Gasteiger partial charge is 0.387 e. The zero-order valence-electron chi connectivity index (χ0n) is 8.92. The van der Waals surface area contributed by atoms with Gasteiger partial charge in [0, 0.05) is 6.54 Å². The van der Waals surface area contributed by atoms with Gasteiger partial charge in [0.05, 0.1) is 11.7 Å². The van der Waals surface area contributed by atoms with Crippen LogP contribution < -0.4 is 5.32 Å². The van der Waals surface area contributed by atoms with Gasteiger partial charge in [0.2, 0.25) is 0 Å². The highest BCUT2D eigenvalue weighted by Crippen LogP contribution is 2.19. The molecule has 0 saturated carbocycles. The highest BCUT2D eigenvalue weighted by molar-refractivity contribution is 5.22. The van der Waals surface area contributed by atoms with Crippen LogP contribution in [-0.2, 0) is 0 Å². The third-order valence-electron chi connectivity index (χ3n) is 2.20. The van der Waals surface area contributed by atoms with Gasteiger partial charge in [-0.3, -0.25) is 0 Å². The molecular weight excluding hydrogens is 212 g/mol. The molecule has 0 radical (unpaired) electrons. The fraction of sp³-hybridized carbons (Fsp3) is 0.333. The fourth-order valence-electron chi connectivity index (χ4n) is 1.37. The second-order valence-corrected chi connectivity index (χ2v) is 3.43. The molecule has 88 valence electrons. The minimum absolute atomic E-state index is 0.117. The van der Waals surface area contributed by atoms with Gasteiger partial charge in [0.1, 0.15) is 11.6 Å². The first-order valence-electron chi connectivity index (χ1n) is 5.10. The lowest BCUT2D eigenvalue weighted by atomic mass is 10.1. The summed E-state index contributed by atoms with van der Waals surface area (Å²) in [5.41, 5.74) is -0.284. The Morgan fingerprint density at radius 2 is 2.00 bits per heavy atom. The maximum atomic E-state index is 13.2. The quantitative estimate of drug-likeness (QED) is 0.576. The molecule has 0 saturated heterocycles. The molecule has 0 heterocycles. The van der Waals surface area contributed by atoms with Gasteiger partial charge in [0.15, 0.2) is 0 Å². The maximum Gasteiger partial charge on any atom is 0.131 e. The molecule has 0 amide bonds. The van der Waals surface area contributed by atoms with Crippen molar-refractivity contribution in [3.05, 3.63) is 48.1 Å². The van der Waals surface area contributed by atoms with Crippen LogP contribution in [0.25, 0.3) is 0 Å². The van der Waals surface area contributed by atoms with Crippen molar-refractivity contribution >= 4 is 0 Å². The summed E-state index contributed by atoms with van der Waals surface area (Å²) in [7, 11) is 0. The number of nitrogens with one attached hydrogen (secondary N) is 1. The number of aliphatic hydroxyl groups is 1. The van der Waals surface area contributed by atoms with Gasteiger partial charge in [-0.1, -0.05) is 12.1 Å². The summed E-state index contributed by atoms with van der Waals surface area (Å²) in [4.78, 5) is 0. The molecular formula is C12H15F2NO. The Kier molecular flexibility index (Phi) is 5.08. The van der Waals surface area contributed by atoms with Crippen LogP contribution in [-0.4, -0.2) is 18.2 Å². The molecule has 1 rings (SSSR count). The Labute approximate surface area is 93.6 Å². The predicted molar refractivity (Wildman–Crippen MR) is 59.0 cm³/mol. The van der Waals surface area contributed by atoms with Crippen molar-refractivity contribution in [2.24, 2.45) is 0 Å². The van der Waals surface area contributed by atoms with Crippen LogP contribution >= 0.6 is 0 Å². The summed E-state index contributed by atoms with van der Waals surface area (Å²) in [5.74, 6) is -1.45. The summed E-state index contributed by atoms with van der Waals surface area (Å²) in [6.07, 6.45) is 1.29. The lowest BCUT2D eigenvalue weighted by Gasteiger charge is -2.13. The Hall–Kier alpha value is -1.26. The molecule has 0 aliphatic heterocycles. The monoisotopic (exact) mass is 227 g/mol. The molecule has 0 aliphatic carbocycles. The molecule has 1 unspecified atom stereocenters. The summed E-state index contributed by atoms with van der Waals surface area (Å²) in [5, 5.41) is 12.5. The number of hydrogen-bond acceptors (Lipinski definition) is 2. The summed E-state index contributed by atoms with van der Waals surface area (Å²) in [6, 6.07) is 3.53. The second-order valence-electron chi connectivity index (χ2n) is 3.43. The van der Waals surface area contributed by atoms with Gasteiger partial charge in [-0.2, -0.15) is 0 Å². The number of rotatable bonds is 6. The van der Waals surface area contributed by atoms with E-state index in [0.717, 1.165) is 18.6 Å². The molecule has 0 bridgehead atoms. The van der Waals surface area contributed by atoms with Gasteiger partial charge < -0.3 is 10.4 Å². The average molecular weight is 227 g/mol. The summed E-state index contributed by atoms with van der Waals surface area (Å²) in [6.45, 7) is 4.28. The van der Waals surface area contributed by atoms with Gasteiger partial charge >= 0.3 is 0 Å². The third kappa shape index (κ3) is 3.40. The molecule has 1 atom stereocenters. The predicted octanol–water partition coefficient (Wildman–Crippen LogP) is 2.16. The van der Waals surface area contributed by atoms with Crippen LogP contribution in [0.3, 0.4) is 0 Å². The van der Waals surface area contributed by atoms with Crippen molar-refractivity contribution in [2.45, 2.75) is 12.5 Å². The number of benzene rings is 1. The molecule has 0 spiro atoms. The maximum absolute atomic E-state index is 13.2. The molecule has 16 heavy (non-hydrogen) atoms. The van der Waals surface area contributed by atoms with Crippen LogP contribution in [0, 0.1) is 11.6 Å². The van der Waals surface area contributed by atoms with Crippen LogP contribution in [0.5, 0.6) is 0 Å². The minimum atomic E-state index is -1.17. The Morgan fingerprint density at radius 3 is 2.56 bits per heavy atom. The van der Waals surface area contributed by atoms with Crippen LogP contribution in [0.2, 0.25) is 0 Å². The second kappa shape index (κ2) is 6.35. The Balaban J connectivity index is 2.58. The van der Waals surface area contributed by atoms with E-state index in [0.29, 0.717) is 6.54 Å². The topological polar surface area (TPSA) is 32.3 Å². The first kappa shape index (κ1) is 12.8. The first-order chi connectivity index (χ1) is 7.66. The van der Waals surface area contributed by atoms with E-state index in [1.165, 1.54) is 6.07 Å². The van der Waals surface area contributed by atoms with Crippen molar-refractivity contribution in [3.8, 4) is 0 Å². The van der Waals surface area contributed by atoms with Crippen molar-refractivity contribution in [2.75, 3.05) is 13.1 Å². The smallest absolute Gasteiger partial charge is 0.131 e. The summed E-state index contributed by atoms with van der Waals surface area (Å²) >= 11 is 0. The van der Waals surface area contributed by atoms with Crippen LogP contribution in [0.4, 0.5) is 8.78 Å². The van der Waals surface area contributed by atoms with E-state index in [-0.39, 0.29) is 12.1 Å². The first-order valence-corrected chi connectivity index (χ1v) is 5.10. The zero-order chi connectivity index (χ0) is 12.0. The molecule has 0 aromatic heterocycles. The molecule has 0 aliphatic rings. The van der Waals surface area contributed by atoms with Gasteiger partial charge in [-0.25, -0.2) is 8.78 Å². The average Bonchev–Trinajstić information content (AvgIpc) is 2.24. The van der Waals surface area contributed by atoms with Crippen molar-refractivity contribution < 1.29 is 13.9 Å². The van der Waals surface area contributed by atoms with Crippen molar-refractivity contribution in [3.63, 3.8) is 0 Å². The molecule has 2 nitrogen and oxygen atoms in total. The van der Waals surface area contributed by atoms with Gasteiger partial charge in [-0.05, 0) is 25.1 Å². The van der Waals surface area contributed by atoms with Crippen LogP contribution in [0.15, 0.2) is 30.9 Å². The van der Waals surface area contributed by atoms with Gasteiger partial charge in [-0.15, -0.1) is 6.58 Å². The number of halogens is 2. The van der Waals surface area contributed by atoms with E-state index in [1.54, 1.807) is 6.08 Å². The lowest BCUT2D eigenvalue weighted by Crippen LogP contribution is -2.23. The van der Waals surface area contributed by atoms with E-state index in [9.17, 15) is 13.9 Å². The third-order valence-corrected chi connectivity index (χ3v) is 2.20. The van der Waals surface area contributed by atoms with Crippen molar-refractivity contribution in [1.29, 1.82) is 0 Å². The highest BCUT2D eigenvalue weighted by atomic mass is 19.1. The van der Waals surface area contributed by atoms with Crippen LogP contribution in [0.1, 0.15) is 18.1 Å². The lowest BCUT2D eigenvalue weighted by molar-refractivity contribution is 0.165. The Bertz CT molecular complexity index is 335. The summed E-state index contributed by atoms with van der Waals surface area (Å²) < 4.78 is 26.5. The molecule has 4 heteroatoms. The van der Waals surface area contributed by atoms with E-state index in [2.05, 4.69) is 11.9 Å². The van der Waals surface area contributed by atoms with Crippen molar-refractivity contribution in [1.82, 2.24) is 5.32 Å². The van der Waals surface area contributed by atoms with E-state index in [4.69, 9.17) is 0 Å². The fourth-order valence-corrected chi connectivity index (χ4v) is 1.37. The number of hydrogen-bond donors (Lipinski definition) is 2. The normalized spacial score (nSPS) is 12.4. The molecule has 1 aromatic carbocycles. The minimum Gasteiger partial charge on any atom is -0.387 e. The molecule has 0 fully saturated rings. The molecule has 1 aromatic rings.